The molecule has 11 nitrogen and oxygen atoms in total. The molecule has 5 rings (SSSR count). The Morgan fingerprint density at radius 1 is 0.917 bits per heavy atom. The van der Waals surface area contributed by atoms with E-state index in [4.69, 9.17) is 18.9 Å². The summed E-state index contributed by atoms with van der Waals surface area (Å²) in [6, 6.07) is 16.8. The predicted molar refractivity (Wildman–Crippen MR) is 124 cm³/mol. The lowest BCUT2D eigenvalue weighted by Gasteiger charge is -2.24. The van der Waals surface area contributed by atoms with E-state index in [1.54, 1.807) is 60.7 Å². The standard InChI is InChI=1S/C25H22N4O7/c1-33-22-18-21(26-13-27-22)29(14-28-18)23-20(36-25(32)16-10-6-3-7-11-16)19(17(12-30)34-23)35-24(31)15-8-4-2-5-9-15/h2-11,13-14,17,19-20,23,30H,12H2,1H3/t17-,19-,20+,23-/m1/s1. The first-order chi connectivity index (χ1) is 17.6. The zero-order chi connectivity index (χ0) is 25.1. The lowest BCUT2D eigenvalue weighted by molar-refractivity contribution is -0.0566. The fraction of sp³-hybridized carbons (Fsp3) is 0.240. The second-order valence-corrected chi connectivity index (χ2v) is 7.93. The largest absolute Gasteiger partial charge is 0.479 e. The maximum Gasteiger partial charge on any atom is 0.338 e. The van der Waals surface area contributed by atoms with Crippen LogP contribution in [0.5, 0.6) is 5.88 Å². The van der Waals surface area contributed by atoms with E-state index in [0.717, 1.165) is 0 Å². The fourth-order valence-corrected chi connectivity index (χ4v) is 4.04. The Morgan fingerprint density at radius 3 is 2.11 bits per heavy atom. The van der Waals surface area contributed by atoms with Crippen molar-refractivity contribution in [3.8, 4) is 5.88 Å². The number of aliphatic hydroxyl groups excluding tert-OH is 1. The SMILES string of the molecule is COc1ncnc2c1ncn2[C@@H]1O[C@H](CO)[C@@H](OC(=O)c2ccccc2)[C@@H]1OC(=O)c1ccccc1. The highest BCUT2D eigenvalue weighted by atomic mass is 16.6. The second kappa shape index (κ2) is 10.1. The van der Waals surface area contributed by atoms with Crippen LogP contribution < -0.4 is 4.74 Å². The zero-order valence-corrected chi connectivity index (χ0v) is 19.1. The van der Waals surface area contributed by atoms with Crippen molar-refractivity contribution in [3.63, 3.8) is 0 Å². The molecule has 0 spiro atoms. The van der Waals surface area contributed by atoms with Crippen LogP contribution in [-0.2, 0) is 14.2 Å². The van der Waals surface area contributed by atoms with E-state index >= 15 is 0 Å². The number of hydrogen-bond acceptors (Lipinski definition) is 10. The Balaban J connectivity index is 1.53. The number of hydrogen-bond donors (Lipinski definition) is 1. The lowest BCUT2D eigenvalue weighted by atomic mass is 10.1. The summed E-state index contributed by atoms with van der Waals surface area (Å²) in [4.78, 5) is 38.5. The van der Waals surface area contributed by atoms with Crippen LogP contribution >= 0.6 is 0 Å². The molecular weight excluding hydrogens is 468 g/mol. The minimum atomic E-state index is -1.14. The molecule has 36 heavy (non-hydrogen) atoms. The first-order valence-corrected chi connectivity index (χ1v) is 11.1. The van der Waals surface area contributed by atoms with E-state index in [1.807, 2.05) is 0 Å². The van der Waals surface area contributed by atoms with Gasteiger partial charge in [-0.3, -0.25) is 4.57 Å². The Morgan fingerprint density at radius 2 is 1.53 bits per heavy atom. The van der Waals surface area contributed by atoms with Gasteiger partial charge in [-0.1, -0.05) is 36.4 Å². The van der Waals surface area contributed by atoms with E-state index in [9.17, 15) is 14.7 Å². The van der Waals surface area contributed by atoms with Gasteiger partial charge in [-0.15, -0.1) is 0 Å². The van der Waals surface area contributed by atoms with Crippen LogP contribution in [0, 0.1) is 0 Å². The highest BCUT2D eigenvalue weighted by Crippen LogP contribution is 2.37. The molecule has 0 unspecified atom stereocenters. The third kappa shape index (κ3) is 4.37. The summed E-state index contributed by atoms with van der Waals surface area (Å²) in [7, 11) is 1.46. The third-order valence-corrected chi connectivity index (χ3v) is 5.76. The Hall–Kier alpha value is -4.35. The molecule has 0 bridgehead atoms. The van der Waals surface area contributed by atoms with Gasteiger partial charge in [-0.2, -0.15) is 4.98 Å². The number of imidazole rings is 1. The van der Waals surface area contributed by atoms with Gasteiger partial charge in [-0.25, -0.2) is 19.6 Å². The van der Waals surface area contributed by atoms with E-state index in [-0.39, 0.29) is 5.88 Å². The van der Waals surface area contributed by atoms with Gasteiger partial charge >= 0.3 is 11.9 Å². The van der Waals surface area contributed by atoms with Crippen molar-refractivity contribution in [1.82, 2.24) is 19.5 Å². The number of carbonyl (C=O) groups excluding carboxylic acids is 2. The Labute approximate surface area is 205 Å². The lowest BCUT2D eigenvalue weighted by Crippen LogP contribution is -2.40. The number of aliphatic hydroxyl groups is 1. The van der Waals surface area contributed by atoms with Gasteiger partial charge in [0, 0.05) is 0 Å². The number of methoxy groups -OCH3 is 1. The van der Waals surface area contributed by atoms with Crippen LogP contribution in [0.2, 0.25) is 0 Å². The molecule has 1 fully saturated rings. The van der Waals surface area contributed by atoms with E-state index in [1.165, 1.54) is 24.3 Å². The van der Waals surface area contributed by atoms with Crippen molar-refractivity contribution in [1.29, 1.82) is 0 Å². The summed E-state index contributed by atoms with van der Waals surface area (Å²) < 4.78 is 24.4. The number of benzene rings is 2. The molecule has 0 aliphatic carbocycles. The second-order valence-electron chi connectivity index (χ2n) is 7.93. The topological polar surface area (TPSA) is 135 Å². The Kier molecular flexibility index (Phi) is 6.56. The summed E-state index contributed by atoms with van der Waals surface area (Å²) >= 11 is 0. The highest BCUT2D eigenvalue weighted by molar-refractivity contribution is 5.90. The molecule has 4 aromatic rings. The molecule has 1 aliphatic heterocycles. The molecule has 1 saturated heterocycles. The number of ether oxygens (including phenoxy) is 4. The molecule has 11 heteroatoms. The fourth-order valence-electron chi connectivity index (χ4n) is 4.04. The van der Waals surface area contributed by atoms with Crippen LogP contribution in [0.25, 0.3) is 11.2 Å². The van der Waals surface area contributed by atoms with Crippen molar-refractivity contribution >= 4 is 23.1 Å². The molecule has 2 aromatic carbocycles. The van der Waals surface area contributed by atoms with E-state index in [0.29, 0.717) is 22.3 Å². The number of nitrogens with zero attached hydrogens (tertiary/aromatic N) is 4. The minimum Gasteiger partial charge on any atom is -0.479 e. The number of aromatic nitrogens is 4. The molecule has 3 heterocycles. The maximum atomic E-state index is 13.0. The van der Waals surface area contributed by atoms with Crippen LogP contribution in [0.3, 0.4) is 0 Å². The number of fused-ring (bicyclic) bond motifs is 1. The smallest absolute Gasteiger partial charge is 0.338 e. The average Bonchev–Trinajstić information content (AvgIpc) is 3.50. The molecule has 184 valence electrons. The van der Waals surface area contributed by atoms with Gasteiger partial charge in [0.15, 0.2) is 29.6 Å². The summed E-state index contributed by atoms with van der Waals surface area (Å²) in [5.41, 5.74) is 1.31. The maximum absolute atomic E-state index is 13.0. The monoisotopic (exact) mass is 490 g/mol. The first-order valence-electron chi connectivity index (χ1n) is 11.1. The van der Waals surface area contributed by atoms with Gasteiger partial charge < -0.3 is 24.1 Å². The third-order valence-electron chi connectivity index (χ3n) is 5.76. The molecule has 1 aliphatic rings. The molecule has 1 N–H and O–H groups in total. The predicted octanol–water partition coefficient (Wildman–Crippen LogP) is 2.18. The van der Waals surface area contributed by atoms with Gasteiger partial charge in [0.2, 0.25) is 5.88 Å². The number of esters is 2. The van der Waals surface area contributed by atoms with Crippen molar-refractivity contribution < 1.29 is 33.6 Å². The van der Waals surface area contributed by atoms with Gasteiger partial charge in [-0.05, 0) is 24.3 Å². The van der Waals surface area contributed by atoms with Crippen molar-refractivity contribution in [2.24, 2.45) is 0 Å². The zero-order valence-electron chi connectivity index (χ0n) is 19.1. The average molecular weight is 490 g/mol. The molecule has 0 radical (unpaired) electrons. The van der Waals surface area contributed by atoms with Crippen molar-refractivity contribution in [2.45, 2.75) is 24.5 Å². The van der Waals surface area contributed by atoms with Crippen LogP contribution in [0.1, 0.15) is 26.9 Å². The molecule has 4 atom stereocenters. The molecular formula is C25H22N4O7. The van der Waals surface area contributed by atoms with Gasteiger partial charge in [0.05, 0.1) is 31.2 Å². The van der Waals surface area contributed by atoms with Gasteiger partial charge in [0.1, 0.15) is 12.4 Å². The van der Waals surface area contributed by atoms with Crippen LogP contribution in [-0.4, -0.2) is 68.6 Å². The van der Waals surface area contributed by atoms with E-state index in [2.05, 4.69) is 15.0 Å². The van der Waals surface area contributed by atoms with Crippen molar-refractivity contribution in [2.75, 3.05) is 13.7 Å². The summed E-state index contributed by atoms with van der Waals surface area (Å²) in [5, 5.41) is 10.1. The Bertz CT molecular complexity index is 1360. The molecule has 0 amide bonds. The molecule has 0 saturated carbocycles. The minimum absolute atomic E-state index is 0.250. The molecule has 2 aromatic heterocycles. The highest BCUT2D eigenvalue weighted by Gasteiger charge is 2.51. The van der Waals surface area contributed by atoms with Crippen LogP contribution in [0.4, 0.5) is 0 Å². The summed E-state index contributed by atoms with van der Waals surface area (Å²) in [6.45, 7) is -0.493. The van der Waals surface area contributed by atoms with Crippen LogP contribution in [0.15, 0.2) is 73.3 Å². The summed E-state index contributed by atoms with van der Waals surface area (Å²) in [5.74, 6) is -1.05. The van der Waals surface area contributed by atoms with Gasteiger partial charge in [0.25, 0.3) is 0 Å². The number of rotatable bonds is 7. The first kappa shape index (κ1) is 23.4. The van der Waals surface area contributed by atoms with Crippen molar-refractivity contribution in [3.05, 3.63) is 84.4 Å². The summed E-state index contributed by atoms with van der Waals surface area (Å²) in [6.07, 6.45) is -1.53. The van der Waals surface area contributed by atoms with E-state index < -0.39 is 43.1 Å². The number of carbonyl (C=O) groups is 2. The quantitative estimate of drug-likeness (QED) is 0.384. The normalized spacial score (nSPS) is 21.3.